The van der Waals surface area contributed by atoms with Crippen LogP contribution in [0.25, 0.3) is 0 Å². The van der Waals surface area contributed by atoms with Gasteiger partial charge in [0.1, 0.15) is 0 Å². The number of hydrogen-bond acceptors (Lipinski definition) is 6. The third kappa shape index (κ3) is 4.23. The first kappa shape index (κ1) is 16.4. The Morgan fingerprint density at radius 2 is 2.05 bits per heavy atom. The van der Waals surface area contributed by atoms with Crippen LogP contribution in [-0.4, -0.2) is 71.2 Å². The Labute approximate surface area is 129 Å². The molecule has 1 aliphatic rings. The summed E-state index contributed by atoms with van der Waals surface area (Å²) in [6, 6.07) is -0.161. The molecule has 0 aliphatic carbocycles. The molecule has 1 aliphatic heterocycles. The number of carbonyl (C=O) groups is 1. The molecule has 1 amide bonds. The molecule has 0 saturated carbocycles. The van der Waals surface area contributed by atoms with Crippen molar-refractivity contribution in [3.8, 4) is 0 Å². The summed E-state index contributed by atoms with van der Waals surface area (Å²) in [7, 11) is 0. The van der Waals surface area contributed by atoms with Gasteiger partial charge in [0.15, 0.2) is 5.13 Å². The summed E-state index contributed by atoms with van der Waals surface area (Å²) in [5.41, 5.74) is 0.973. The molecule has 7 heteroatoms. The maximum absolute atomic E-state index is 12.3. The number of rotatable bonds is 5. The van der Waals surface area contributed by atoms with Crippen LogP contribution < -0.4 is 5.32 Å². The van der Waals surface area contributed by atoms with Gasteiger partial charge in [0.25, 0.3) is 0 Å². The van der Waals surface area contributed by atoms with Gasteiger partial charge in [-0.1, -0.05) is 0 Å². The average molecular weight is 312 g/mol. The molecule has 6 nitrogen and oxygen atoms in total. The van der Waals surface area contributed by atoms with Crippen molar-refractivity contribution in [1.29, 1.82) is 0 Å². The average Bonchev–Trinajstić information content (AvgIpc) is 2.77. The van der Waals surface area contributed by atoms with Crippen LogP contribution in [0.15, 0.2) is 0 Å². The highest BCUT2D eigenvalue weighted by Gasteiger charge is 2.25. The first-order chi connectivity index (χ1) is 10.0. The van der Waals surface area contributed by atoms with Crippen LogP contribution in [-0.2, 0) is 4.79 Å². The minimum atomic E-state index is -0.161. The molecule has 0 unspecified atom stereocenters. The van der Waals surface area contributed by atoms with Gasteiger partial charge in [-0.25, -0.2) is 4.98 Å². The Bertz CT molecular complexity index is 464. The molecule has 21 heavy (non-hydrogen) atoms. The predicted molar refractivity (Wildman–Crippen MR) is 84.8 cm³/mol. The quantitative estimate of drug-likeness (QED) is 0.837. The number of carbonyl (C=O) groups excluding carboxylic acids is 1. The molecule has 1 saturated heterocycles. The molecular weight excluding hydrogens is 288 g/mol. The second kappa shape index (κ2) is 7.31. The molecule has 1 aromatic rings. The zero-order valence-corrected chi connectivity index (χ0v) is 13.7. The van der Waals surface area contributed by atoms with Gasteiger partial charge in [0.05, 0.1) is 18.3 Å². The number of β-amino-alcohol motifs (C(OH)–C–C–N with tert-alkyl or cyclic N) is 1. The van der Waals surface area contributed by atoms with Crippen molar-refractivity contribution in [2.24, 2.45) is 0 Å². The van der Waals surface area contributed by atoms with Crippen LogP contribution in [0.2, 0.25) is 0 Å². The fraction of sp³-hybridized carbons (Fsp3) is 0.714. The Kier molecular flexibility index (Phi) is 5.69. The summed E-state index contributed by atoms with van der Waals surface area (Å²) < 4.78 is 0. The molecule has 2 heterocycles. The topological polar surface area (TPSA) is 68.7 Å². The summed E-state index contributed by atoms with van der Waals surface area (Å²) in [5, 5.41) is 12.5. The lowest BCUT2D eigenvalue weighted by molar-refractivity contribution is -0.121. The van der Waals surface area contributed by atoms with Gasteiger partial charge >= 0.3 is 0 Å². The van der Waals surface area contributed by atoms with E-state index in [1.165, 1.54) is 11.3 Å². The number of anilines is 1. The number of amides is 1. The van der Waals surface area contributed by atoms with E-state index in [-0.39, 0.29) is 18.6 Å². The van der Waals surface area contributed by atoms with Gasteiger partial charge in [-0.05, 0) is 20.8 Å². The summed E-state index contributed by atoms with van der Waals surface area (Å²) >= 11 is 1.52. The van der Waals surface area contributed by atoms with Gasteiger partial charge in [0.2, 0.25) is 5.91 Å². The number of aliphatic hydroxyl groups is 1. The van der Waals surface area contributed by atoms with Crippen molar-refractivity contribution in [2.45, 2.75) is 26.8 Å². The lowest BCUT2D eigenvalue weighted by Crippen LogP contribution is -2.53. The summed E-state index contributed by atoms with van der Waals surface area (Å²) in [5.74, 6) is -0.000594. The molecule has 1 fully saturated rings. The highest BCUT2D eigenvalue weighted by molar-refractivity contribution is 7.15. The molecule has 118 valence electrons. The molecule has 1 atom stereocenters. The largest absolute Gasteiger partial charge is 0.395 e. The normalized spacial score (nSPS) is 18.7. The first-order valence-electron chi connectivity index (χ1n) is 7.33. The zero-order chi connectivity index (χ0) is 15.4. The van der Waals surface area contributed by atoms with E-state index < -0.39 is 0 Å². The van der Waals surface area contributed by atoms with Crippen molar-refractivity contribution in [3.63, 3.8) is 0 Å². The lowest BCUT2D eigenvalue weighted by Gasteiger charge is -2.37. The molecule has 0 bridgehead atoms. The van der Waals surface area contributed by atoms with Gasteiger partial charge in [-0.3, -0.25) is 14.6 Å². The van der Waals surface area contributed by atoms with Gasteiger partial charge in [0, 0.05) is 37.6 Å². The second-order valence-electron chi connectivity index (χ2n) is 5.43. The maximum Gasteiger partial charge on any atom is 0.243 e. The highest BCUT2D eigenvalue weighted by atomic mass is 32.1. The smallest absolute Gasteiger partial charge is 0.243 e. The number of aromatic nitrogens is 1. The fourth-order valence-electron chi connectivity index (χ4n) is 2.42. The van der Waals surface area contributed by atoms with Crippen LogP contribution in [0.3, 0.4) is 0 Å². The third-order valence-corrected chi connectivity index (χ3v) is 5.00. The Morgan fingerprint density at radius 3 is 2.57 bits per heavy atom. The molecule has 0 radical (unpaired) electrons. The van der Waals surface area contributed by atoms with Crippen LogP contribution in [0.4, 0.5) is 5.13 Å². The number of nitrogens with zero attached hydrogens (tertiary/aromatic N) is 3. The molecular formula is C14H24N4O2S. The Balaban J connectivity index is 1.85. The van der Waals surface area contributed by atoms with E-state index in [1.807, 2.05) is 20.8 Å². The standard InChI is InChI=1S/C14H24N4O2S/c1-10-12(3)21-14(15-10)16-13(20)11(2)18-6-4-17(5-7-18)8-9-19/h11,19H,4-9H2,1-3H3,(H,15,16,20)/t11-/m0/s1. The van der Waals surface area contributed by atoms with E-state index in [1.54, 1.807) is 0 Å². The van der Waals surface area contributed by atoms with Gasteiger partial charge in [-0.15, -0.1) is 11.3 Å². The molecule has 2 rings (SSSR count). The van der Waals surface area contributed by atoms with Crippen LogP contribution >= 0.6 is 11.3 Å². The monoisotopic (exact) mass is 312 g/mol. The number of aliphatic hydroxyl groups excluding tert-OH is 1. The minimum absolute atomic E-state index is 0.000594. The zero-order valence-electron chi connectivity index (χ0n) is 12.9. The van der Waals surface area contributed by atoms with Crippen molar-refractivity contribution in [1.82, 2.24) is 14.8 Å². The lowest BCUT2D eigenvalue weighted by atomic mass is 10.2. The number of hydrogen-bond donors (Lipinski definition) is 2. The molecule has 0 aromatic carbocycles. The van der Waals surface area contributed by atoms with Crippen molar-refractivity contribution in [3.05, 3.63) is 10.6 Å². The summed E-state index contributed by atoms with van der Waals surface area (Å²) in [6.45, 7) is 10.3. The predicted octanol–water partition coefficient (Wildman–Crippen LogP) is 0.697. The highest BCUT2D eigenvalue weighted by Crippen LogP contribution is 2.21. The maximum atomic E-state index is 12.3. The molecule has 1 aromatic heterocycles. The van der Waals surface area contributed by atoms with E-state index in [0.29, 0.717) is 11.7 Å². The van der Waals surface area contributed by atoms with E-state index >= 15 is 0 Å². The van der Waals surface area contributed by atoms with E-state index in [0.717, 1.165) is 36.8 Å². The first-order valence-corrected chi connectivity index (χ1v) is 8.15. The second-order valence-corrected chi connectivity index (χ2v) is 6.63. The van der Waals surface area contributed by atoms with Crippen molar-refractivity contribution in [2.75, 3.05) is 44.6 Å². The number of nitrogens with one attached hydrogen (secondary N) is 1. The van der Waals surface area contributed by atoms with Crippen LogP contribution in [0, 0.1) is 13.8 Å². The Morgan fingerprint density at radius 1 is 1.38 bits per heavy atom. The van der Waals surface area contributed by atoms with E-state index in [2.05, 4.69) is 20.1 Å². The fourth-order valence-corrected chi connectivity index (χ4v) is 3.24. The van der Waals surface area contributed by atoms with Crippen LogP contribution in [0.1, 0.15) is 17.5 Å². The third-order valence-electron chi connectivity index (χ3n) is 4.01. The van der Waals surface area contributed by atoms with E-state index in [9.17, 15) is 4.79 Å². The van der Waals surface area contributed by atoms with E-state index in [4.69, 9.17) is 5.11 Å². The minimum Gasteiger partial charge on any atom is -0.395 e. The molecule has 2 N–H and O–H groups in total. The number of piperazine rings is 1. The van der Waals surface area contributed by atoms with Gasteiger partial charge < -0.3 is 10.4 Å². The van der Waals surface area contributed by atoms with Crippen LogP contribution in [0.5, 0.6) is 0 Å². The van der Waals surface area contributed by atoms with Gasteiger partial charge in [-0.2, -0.15) is 0 Å². The number of thiazole rings is 1. The van der Waals surface area contributed by atoms with Crippen molar-refractivity contribution < 1.29 is 9.90 Å². The van der Waals surface area contributed by atoms with Crippen molar-refractivity contribution >= 4 is 22.4 Å². The SMILES string of the molecule is Cc1nc(NC(=O)[C@H](C)N2CCN(CCO)CC2)sc1C. The number of aryl methyl sites for hydroxylation is 2. The summed E-state index contributed by atoms with van der Waals surface area (Å²) in [4.78, 5) is 22.2. The molecule has 0 spiro atoms. The summed E-state index contributed by atoms with van der Waals surface area (Å²) in [6.07, 6.45) is 0. The Hall–Kier alpha value is -1.02.